The first-order valence-electron chi connectivity index (χ1n) is 6.07. The summed E-state index contributed by atoms with van der Waals surface area (Å²) >= 11 is 0. The largest absolute Gasteiger partial charge is 0.481 e. The minimum Gasteiger partial charge on any atom is -0.481 e. The lowest BCUT2D eigenvalue weighted by atomic mass is 9.44. The van der Waals surface area contributed by atoms with Gasteiger partial charge < -0.3 is 5.11 Å². The number of hydrogen-bond donors (Lipinski definition) is 1. The van der Waals surface area contributed by atoms with Crippen LogP contribution in [0.4, 0.5) is 13.2 Å². The number of carboxylic acids is 1. The van der Waals surface area contributed by atoms with Gasteiger partial charge in [-0.15, -0.1) is 0 Å². The van der Waals surface area contributed by atoms with Crippen LogP contribution in [0.5, 0.6) is 0 Å². The van der Waals surface area contributed by atoms with Crippen molar-refractivity contribution in [2.75, 3.05) is 0 Å². The van der Waals surface area contributed by atoms with Crippen LogP contribution in [0.3, 0.4) is 0 Å². The predicted octanol–water partition coefficient (Wildman–Crippen LogP) is 3.22. The van der Waals surface area contributed by atoms with E-state index in [0.717, 1.165) is 6.42 Å². The summed E-state index contributed by atoms with van der Waals surface area (Å²) in [5.74, 6) is -1.08. The summed E-state index contributed by atoms with van der Waals surface area (Å²) in [6.45, 7) is 0. The molecule has 0 spiro atoms. The number of aliphatic carboxylic acids is 1. The summed E-state index contributed by atoms with van der Waals surface area (Å²) in [5.41, 5.74) is -2.78. The van der Waals surface area contributed by atoms with Crippen LogP contribution < -0.4 is 0 Å². The molecule has 0 saturated heterocycles. The second-order valence-electron chi connectivity index (χ2n) is 6.32. The topological polar surface area (TPSA) is 37.3 Å². The maximum atomic E-state index is 13.2. The zero-order chi connectivity index (χ0) is 12.5. The van der Waals surface area contributed by atoms with Gasteiger partial charge in [0.2, 0.25) is 0 Å². The number of carboxylic acid groups (broad SMARTS) is 1. The molecule has 2 nitrogen and oxygen atoms in total. The van der Waals surface area contributed by atoms with Gasteiger partial charge in [0.25, 0.3) is 0 Å². The molecule has 4 fully saturated rings. The van der Waals surface area contributed by atoms with E-state index in [1.54, 1.807) is 0 Å². The monoisotopic (exact) mass is 248 g/mol. The summed E-state index contributed by atoms with van der Waals surface area (Å²) in [5, 5.41) is 9.29. The Labute approximate surface area is 97.2 Å². The van der Waals surface area contributed by atoms with E-state index >= 15 is 0 Å². The minimum absolute atomic E-state index is 0.0334. The fourth-order valence-corrected chi connectivity index (χ4v) is 4.84. The van der Waals surface area contributed by atoms with Crippen LogP contribution in [0, 0.1) is 22.7 Å². The van der Waals surface area contributed by atoms with Crippen molar-refractivity contribution in [1.82, 2.24) is 0 Å². The molecule has 96 valence electrons. The molecule has 1 N–H and O–H groups in total. The molecule has 0 heterocycles. The molecule has 0 aliphatic heterocycles. The Kier molecular flexibility index (Phi) is 1.99. The first kappa shape index (κ1) is 11.4. The van der Waals surface area contributed by atoms with Crippen molar-refractivity contribution in [3.8, 4) is 0 Å². The molecule has 0 amide bonds. The molecule has 0 aromatic heterocycles. The molecule has 4 rings (SSSR count). The third-order valence-electron chi connectivity index (χ3n) is 5.12. The Morgan fingerprint density at radius 3 is 2.06 bits per heavy atom. The van der Waals surface area contributed by atoms with Crippen molar-refractivity contribution in [2.24, 2.45) is 22.7 Å². The predicted molar refractivity (Wildman–Crippen MR) is 53.2 cm³/mol. The molecule has 4 saturated carbocycles. The van der Waals surface area contributed by atoms with Crippen LogP contribution in [0.15, 0.2) is 0 Å². The lowest BCUT2D eigenvalue weighted by molar-refractivity contribution is -0.285. The number of hydrogen-bond acceptors (Lipinski definition) is 1. The SMILES string of the molecule is O=C(O)C12C[C@@H]3C[C@@H](C1)CC(C(F)(F)F)(C3)C2. The van der Waals surface area contributed by atoms with E-state index in [0.29, 0.717) is 12.8 Å². The van der Waals surface area contributed by atoms with Crippen LogP contribution in [0.25, 0.3) is 0 Å². The van der Waals surface area contributed by atoms with E-state index in [9.17, 15) is 23.1 Å². The van der Waals surface area contributed by atoms with E-state index < -0.39 is 23.0 Å². The average molecular weight is 248 g/mol. The molecule has 17 heavy (non-hydrogen) atoms. The van der Waals surface area contributed by atoms with Crippen molar-refractivity contribution in [3.63, 3.8) is 0 Å². The second kappa shape index (κ2) is 2.98. The van der Waals surface area contributed by atoms with Gasteiger partial charge in [0.05, 0.1) is 10.8 Å². The third-order valence-corrected chi connectivity index (χ3v) is 5.12. The normalized spacial score (nSPS) is 48.4. The maximum Gasteiger partial charge on any atom is 0.394 e. The fraction of sp³-hybridized carbons (Fsp3) is 0.917. The zero-order valence-corrected chi connectivity index (χ0v) is 9.39. The van der Waals surface area contributed by atoms with Crippen LogP contribution in [-0.4, -0.2) is 17.3 Å². The summed E-state index contributed by atoms with van der Waals surface area (Å²) in [6, 6.07) is 0. The van der Waals surface area contributed by atoms with Gasteiger partial charge in [-0.2, -0.15) is 13.2 Å². The molecular formula is C12H15F3O2. The van der Waals surface area contributed by atoms with Gasteiger partial charge in [-0.05, 0) is 50.4 Å². The number of rotatable bonds is 1. The zero-order valence-electron chi connectivity index (χ0n) is 9.39. The smallest absolute Gasteiger partial charge is 0.394 e. The van der Waals surface area contributed by atoms with Crippen molar-refractivity contribution < 1.29 is 23.1 Å². The quantitative estimate of drug-likeness (QED) is 0.773. The van der Waals surface area contributed by atoms with Gasteiger partial charge in [0.1, 0.15) is 0 Å². The first-order valence-corrected chi connectivity index (χ1v) is 6.07. The molecular weight excluding hydrogens is 233 g/mol. The van der Waals surface area contributed by atoms with E-state index in [2.05, 4.69) is 0 Å². The fourth-order valence-electron chi connectivity index (χ4n) is 4.84. The van der Waals surface area contributed by atoms with Crippen molar-refractivity contribution in [3.05, 3.63) is 0 Å². The lowest BCUT2D eigenvalue weighted by Gasteiger charge is -2.60. The van der Waals surface area contributed by atoms with Crippen LogP contribution >= 0.6 is 0 Å². The van der Waals surface area contributed by atoms with E-state index in [-0.39, 0.29) is 31.1 Å². The molecule has 2 atom stereocenters. The highest BCUT2D eigenvalue weighted by Gasteiger charge is 2.69. The van der Waals surface area contributed by atoms with Gasteiger partial charge in [0.15, 0.2) is 0 Å². The summed E-state index contributed by atoms with van der Waals surface area (Å²) in [7, 11) is 0. The standard InChI is InChI=1S/C12H15F3O2/c13-12(14,15)11-4-7-1-8(5-11)3-10(2-7,6-11)9(16)17/h7-8H,1-6H2,(H,16,17)/t7-,8-,10?,11?/m0/s1. The van der Waals surface area contributed by atoms with Gasteiger partial charge in [-0.3, -0.25) is 4.79 Å². The molecule has 0 radical (unpaired) electrons. The Morgan fingerprint density at radius 1 is 1.12 bits per heavy atom. The van der Waals surface area contributed by atoms with E-state index in [1.807, 2.05) is 0 Å². The van der Waals surface area contributed by atoms with Crippen molar-refractivity contribution in [2.45, 2.75) is 44.7 Å². The van der Waals surface area contributed by atoms with Gasteiger partial charge in [0, 0.05) is 0 Å². The van der Waals surface area contributed by atoms with Crippen molar-refractivity contribution in [1.29, 1.82) is 0 Å². The molecule has 0 aromatic carbocycles. The Bertz CT molecular complexity index is 360. The van der Waals surface area contributed by atoms with E-state index in [1.165, 1.54) is 0 Å². The minimum atomic E-state index is -4.24. The summed E-state index contributed by atoms with van der Waals surface area (Å²) in [4.78, 5) is 11.4. The third kappa shape index (κ3) is 1.37. The maximum absolute atomic E-state index is 13.2. The molecule has 0 aromatic rings. The van der Waals surface area contributed by atoms with E-state index in [4.69, 9.17) is 0 Å². The molecule has 0 unspecified atom stereocenters. The van der Waals surface area contributed by atoms with Gasteiger partial charge in [-0.1, -0.05) is 0 Å². The summed E-state index contributed by atoms with van der Waals surface area (Å²) in [6.07, 6.45) is -2.42. The Morgan fingerprint density at radius 2 is 1.65 bits per heavy atom. The second-order valence-corrected chi connectivity index (χ2v) is 6.32. The number of halogens is 3. The number of alkyl halides is 3. The number of carbonyl (C=O) groups is 1. The summed E-state index contributed by atoms with van der Waals surface area (Å²) < 4.78 is 39.7. The van der Waals surface area contributed by atoms with Crippen LogP contribution in [0.1, 0.15) is 38.5 Å². The molecule has 4 bridgehead atoms. The van der Waals surface area contributed by atoms with Crippen molar-refractivity contribution >= 4 is 5.97 Å². The highest BCUT2D eigenvalue weighted by atomic mass is 19.4. The molecule has 5 heteroatoms. The highest BCUT2D eigenvalue weighted by molar-refractivity contribution is 5.75. The highest BCUT2D eigenvalue weighted by Crippen LogP contribution is 2.69. The van der Waals surface area contributed by atoms with Crippen LogP contribution in [0.2, 0.25) is 0 Å². The lowest BCUT2D eigenvalue weighted by Crippen LogP contribution is -2.59. The van der Waals surface area contributed by atoms with Crippen LogP contribution in [-0.2, 0) is 4.79 Å². The Balaban J connectivity index is 2.03. The Hall–Kier alpha value is -0.740. The van der Waals surface area contributed by atoms with Gasteiger partial charge in [-0.25, -0.2) is 0 Å². The van der Waals surface area contributed by atoms with Gasteiger partial charge >= 0.3 is 12.1 Å². The molecule has 4 aliphatic rings. The molecule has 4 aliphatic carbocycles. The first-order chi connectivity index (χ1) is 7.76. The average Bonchev–Trinajstić information content (AvgIpc) is 2.13.